The Morgan fingerprint density at radius 1 is 0.880 bits per heavy atom. The number of ether oxygens (including phenoxy) is 1. The number of hydrogen-bond donors (Lipinski definition) is 1. The summed E-state index contributed by atoms with van der Waals surface area (Å²) in [5.41, 5.74) is 2.84. The number of aryl methyl sites for hydroxylation is 1. The van der Waals surface area contributed by atoms with E-state index in [1.807, 2.05) is 19.1 Å². The Morgan fingerprint density at radius 3 is 2.16 bits per heavy atom. The molecule has 1 N–H and O–H groups in total. The molecule has 0 saturated carbocycles. The fraction of sp³-hybridized carbons (Fsp3) is 0.333. The Kier molecular flexibility index (Phi) is 7.20. The summed E-state index contributed by atoms with van der Waals surface area (Å²) in [5, 5.41) is 2.82. The SMILES string of the molecule is CCCCCCOC(=O)c1ccc(NC(=O)c2ccc(C)cc2)cc1. The summed E-state index contributed by atoms with van der Waals surface area (Å²) in [6.07, 6.45) is 4.29. The molecule has 0 aliphatic rings. The van der Waals surface area contributed by atoms with Crippen LogP contribution in [-0.2, 0) is 4.74 Å². The van der Waals surface area contributed by atoms with Gasteiger partial charge in [-0.1, -0.05) is 43.9 Å². The van der Waals surface area contributed by atoms with E-state index in [-0.39, 0.29) is 11.9 Å². The summed E-state index contributed by atoms with van der Waals surface area (Å²) in [6.45, 7) is 4.57. The van der Waals surface area contributed by atoms with Crippen LogP contribution in [0, 0.1) is 6.92 Å². The molecule has 0 aliphatic carbocycles. The second kappa shape index (κ2) is 9.62. The molecule has 0 fully saturated rings. The molecule has 0 aliphatic heterocycles. The number of hydrogen-bond acceptors (Lipinski definition) is 3. The number of carbonyl (C=O) groups is 2. The number of anilines is 1. The molecule has 0 atom stereocenters. The molecule has 0 aromatic heterocycles. The zero-order chi connectivity index (χ0) is 18.1. The molecule has 25 heavy (non-hydrogen) atoms. The van der Waals surface area contributed by atoms with E-state index in [0.717, 1.165) is 31.2 Å². The van der Waals surface area contributed by atoms with Crippen LogP contribution >= 0.6 is 0 Å². The molecule has 1 amide bonds. The van der Waals surface area contributed by atoms with Gasteiger partial charge in [-0.2, -0.15) is 0 Å². The second-order valence-electron chi connectivity index (χ2n) is 6.09. The Balaban J connectivity index is 1.85. The smallest absolute Gasteiger partial charge is 0.338 e. The van der Waals surface area contributed by atoms with Crippen LogP contribution in [0.2, 0.25) is 0 Å². The minimum absolute atomic E-state index is 0.175. The number of rotatable bonds is 8. The molecule has 0 unspecified atom stereocenters. The topological polar surface area (TPSA) is 55.4 Å². The lowest BCUT2D eigenvalue weighted by Gasteiger charge is -2.07. The van der Waals surface area contributed by atoms with Gasteiger partial charge in [0.05, 0.1) is 12.2 Å². The summed E-state index contributed by atoms with van der Waals surface area (Å²) in [4.78, 5) is 24.1. The molecule has 2 aromatic rings. The van der Waals surface area contributed by atoms with Crippen molar-refractivity contribution in [2.24, 2.45) is 0 Å². The first-order valence-electron chi connectivity index (χ1n) is 8.75. The van der Waals surface area contributed by atoms with Crippen molar-refractivity contribution in [2.75, 3.05) is 11.9 Å². The first-order valence-corrected chi connectivity index (χ1v) is 8.75. The summed E-state index contributed by atoms with van der Waals surface area (Å²) in [7, 11) is 0. The van der Waals surface area contributed by atoms with Crippen molar-refractivity contribution in [3.63, 3.8) is 0 Å². The maximum Gasteiger partial charge on any atom is 0.338 e. The van der Waals surface area contributed by atoms with Crippen molar-refractivity contribution in [3.05, 3.63) is 65.2 Å². The number of benzene rings is 2. The van der Waals surface area contributed by atoms with Crippen LogP contribution in [0.15, 0.2) is 48.5 Å². The van der Waals surface area contributed by atoms with Gasteiger partial charge >= 0.3 is 5.97 Å². The Bertz CT molecular complexity index is 690. The van der Waals surface area contributed by atoms with Crippen molar-refractivity contribution < 1.29 is 14.3 Å². The van der Waals surface area contributed by atoms with E-state index in [4.69, 9.17) is 4.74 Å². The fourth-order valence-electron chi connectivity index (χ4n) is 2.37. The van der Waals surface area contributed by atoms with E-state index >= 15 is 0 Å². The van der Waals surface area contributed by atoms with E-state index in [0.29, 0.717) is 23.4 Å². The van der Waals surface area contributed by atoms with Gasteiger partial charge in [0.15, 0.2) is 0 Å². The highest BCUT2D eigenvalue weighted by Gasteiger charge is 2.09. The van der Waals surface area contributed by atoms with Gasteiger partial charge in [0.25, 0.3) is 5.91 Å². The Labute approximate surface area is 149 Å². The minimum atomic E-state index is -0.326. The third kappa shape index (κ3) is 6.07. The quantitative estimate of drug-likeness (QED) is 0.545. The highest BCUT2D eigenvalue weighted by Crippen LogP contribution is 2.13. The number of unbranched alkanes of at least 4 members (excludes halogenated alkanes) is 3. The molecular weight excluding hydrogens is 314 g/mol. The van der Waals surface area contributed by atoms with Crippen LogP contribution in [0.1, 0.15) is 58.9 Å². The predicted octanol–water partition coefficient (Wildman–Crippen LogP) is 4.98. The summed E-state index contributed by atoms with van der Waals surface area (Å²) in [5.74, 6) is -0.501. The highest BCUT2D eigenvalue weighted by molar-refractivity contribution is 6.04. The maximum atomic E-state index is 12.2. The summed E-state index contributed by atoms with van der Waals surface area (Å²) < 4.78 is 5.25. The molecular formula is C21H25NO3. The van der Waals surface area contributed by atoms with E-state index < -0.39 is 0 Å². The first-order chi connectivity index (χ1) is 12.1. The van der Waals surface area contributed by atoms with Gasteiger partial charge in [0, 0.05) is 11.3 Å². The van der Waals surface area contributed by atoms with Crippen molar-refractivity contribution in [2.45, 2.75) is 39.5 Å². The molecule has 2 rings (SSSR count). The van der Waals surface area contributed by atoms with Crippen molar-refractivity contribution in [1.82, 2.24) is 0 Å². The van der Waals surface area contributed by atoms with Gasteiger partial charge in [-0.05, 0) is 49.7 Å². The molecule has 4 heteroatoms. The molecule has 0 spiro atoms. The average molecular weight is 339 g/mol. The van der Waals surface area contributed by atoms with Gasteiger partial charge in [-0.25, -0.2) is 4.79 Å². The van der Waals surface area contributed by atoms with Crippen LogP contribution < -0.4 is 5.32 Å². The van der Waals surface area contributed by atoms with Gasteiger partial charge in [0.2, 0.25) is 0 Å². The van der Waals surface area contributed by atoms with Gasteiger partial charge < -0.3 is 10.1 Å². The second-order valence-corrected chi connectivity index (χ2v) is 6.09. The van der Waals surface area contributed by atoms with Gasteiger partial charge in [-0.15, -0.1) is 0 Å². The van der Waals surface area contributed by atoms with Crippen molar-refractivity contribution in [1.29, 1.82) is 0 Å². The standard InChI is InChI=1S/C21H25NO3/c1-3-4-5-6-15-25-21(24)18-11-13-19(14-12-18)22-20(23)17-9-7-16(2)8-10-17/h7-14H,3-6,15H2,1-2H3,(H,22,23). The number of esters is 1. The van der Waals surface area contributed by atoms with Crippen LogP contribution in [0.3, 0.4) is 0 Å². The average Bonchev–Trinajstić information content (AvgIpc) is 2.62. The lowest BCUT2D eigenvalue weighted by atomic mass is 10.1. The van der Waals surface area contributed by atoms with Crippen LogP contribution in [0.4, 0.5) is 5.69 Å². The highest BCUT2D eigenvalue weighted by atomic mass is 16.5. The fourth-order valence-corrected chi connectivity index (χ4v) is 2.37. The Morgan fingerprint density at radius 2 is 1.52 bits per heavy atom. The molecule has 2 aromatic carbocycles. The summed E-state index contributed by atoms with van der Waals surface area (Å²) >= 11 is 0. The van der Waals surface area contributed by atoms with E-state index in [1.165, 1.54) is 0 Å². The van der Waals surface area contributed by atoms with Crippen molar-refractivity contribution in [3.8, 4) is 0 Å². The lowest BCUT2D eigenvalue weighted by Crippen LogP contribution is -2.12. The molecule has 0 bridgehead atoms. The Hall–Kier alpha value is -2.62. The third-order valence-corrected chi connectivity index (χ3v) is 3.92. The van der Waals surface area contributed by atoms with Gasteiger partial charge in [-0.3, -0.25) is 4.79 Å². The molecule has 4 nitrogen and oxygen atoms in total. The molecule has 0 saturated heterocycles. The minimum Gasteiger partial charge on any atom is -0.462 e. The van der Waals surface area contributed by atoms with Crippen LogP contribution in [-0.4, -0.2) is 18.5 Å². The van der Waals surface area contributed by atoms with Gasteiger partial charge in [0.1, 0.15) is 0 Å². The number of carbonyl (C=O) groups excluding carboxylic acids is 2. The molecule has 132 valence electrons. The predicted molar refractivity (Wildman–Crippen MR) is 100.0 cm³/mol. The van der Waals surface area contributed by atoms with Crippen LogP contribution in [0.25, 0.3) is 0 Å². The number of nitrogens with one attached hydrogen (secondary N) is 1. The van der Waals surface area contributed by atoms with Crippen LogP contribution in [0.5, 0.6) is 0 Å². The number of amides is 1. The zero-order valence-electron chi connectivity index (χ0n) is 14.9. The van der Waals surface area contributed by atoms with Crippen molar-refractivity contribution >= 4 is 17.6 Å². The third-order valence-electron chi connectivity index (χ3n) is 3.92. The maximum absolute atomic E-state index is 12.2. The monoisotopic (exact) mass is 339 g/mol. The summed E-state index contributed by atoms with van der Waals surface area (Å²) in [6, 6.07) is 14.1. The van der Waals surface area contributed by atoms with E-state index in [2.05, 4.69) is 12.2 Å². The van der Waals surface area contributed by atoms with E-state index in [1.54, 1.807) is 36.4 Å². The zero-order valence-corrected chi connectivity index (χ0v) is 14.9. The normalized spacial score (nSPS) is 10.3. The molecule has 0 heterocycles. The first kappa shape index (κ1) is 18.7. The largest absolute Gasteiger partial charge is 0.462 e. The molecule has 0 radical (unpaired) electrons. The lowest BCUT2D eigenvalue weighted by molar-refractivity contribution is 0.0498. The van der Waals surface area contributed by atoms with E-state index in [9.17, 15) is 9.59 Å².